The summed E-state index contributed by atoms with van der Waals surface area (Å²) < 4.78 is 0. The highest BCUT2D eigenvalue weighted by Crippen LogP contribution is 2.32. The maximum absolute atomic E-state index is 3.92. The summed E-state index contributed by atoms with van der Waals surface area (Å²) >= 11 is 0. The van der Waals surface area contributed by atoms with Crippen LogP contribution in [0.15, 0.2) is 0 Å². The minimum atomic E-state index is 0.748. The van der Waals surface area contributed by atoms with Gasteiger partial charge in [-0.25, -0.2) is 0 Å². The number of fused-ring (bicyclic) bond motifs is 1. The quantitative estimate of drug-likeness (QED) is 0.810. The van der Waals surface area contributed by atoms with Gasteiger partial charge in [0.1, 0.15) is 0 Å². The zero-order valence-corrected chi connectivity index (χ0v) is 11.9. The second-order valence-electron chi connectivity index (χ2n) is 6.71. The molecule has 3 atom stereocenters. The predicted molar refractivity (Wildman–Crippen MR) is 74.2 cm³/mol. The lowest BCUT2D eigenvalue weighted by atomic mass is 9.78. The Balaban J connectivity index is 1.75. The molecule has 0 amide bonds. The van der Waals surface area contributed by atoms with Crippen LogP contribution in [0.2, 0.25) is 0 Å². The standard InChI is InChI=1S/C15H30N2/c1-12(2)10-17(3)11-14-9-8-13-6-4-5-7-15(13)16-14/h12-16H,4-11H2,1-3H3. The first-order valence-electron chi connectivity index (χ1n) is 7.59. The van der Waals surface area contributed by atoms with Crippen LogP contribution in [-0.2, 0) is 0 Å². The normalized spacial score (nSPS) is 34.1. The number of nitrogens with zero attached hydrogens (tertiary/aromatic N) is 1. The Morgan fingerprint density at radius 1 is 1.12 bits per heavy atom. The highest BCUT2D eigenvalue weighted by molar-refractivity contribution is 4.90. The third-order valence-electron chi connectivity index (χ3n) is 4.45. The molecule has 2 fully saturated rings. The van der Waals surface area contributed by atoms with E-state index in [0.717, 1.165) is 23.9 Å². The molecule has 0 spiro atoms. The zero-order chi connectivity index (χ0) is 12.3. The Hall–Kier alpha value is -0.0800. The average molecular weight is 238 g/mol. The summed E-state index contributed by atoms with van der Waals surface area (Å²) in [6.07, 6.45) is 8.69. The van der Waals surface area contributed by atoms with Gasteiger partial charge in [0.05, 0.1) is 0 Å². The Kier molecular flexibility index (Phi) is 4.87. The van der Waals surface area contributed by atoms with E-state index in [1.807, 2.05) is 0 Å². The molecule has 0 bridgehead atoms. The summed E-state index contributed by atoms with van der Waals surface area (Å²) in [4.78, 5) is 2.51. The average Bonchev–Trinajstić information content (AvgIpc) is 2.27. The van der Waals surface area contributed by atoms with Gasteiger partial charge in [-0.3, -0.25) is 0 Å². The summed E-state index contributed by atoms with van der Waals surface area (Å²) in [6, 6.07) is 1.59. The van der Waals surface area contributed by atoms with Gasteiger partial charge >= 0.3 is 0 Å². The number of hydrogen-bond donors (Lipinski definition) is 1. The molecule has 1 saturated carbocycles. The summed E-state index contributed by atoms with van der Waals surface area (Å²) in [7, 11) is 2.27. The van der Waals surface area contributed by atoms with E-state index in [-0.39, 0.29) is 0 Å². The van der Waals surface area contributed by atoms with Gasteiger partial charge in [-0.05, 0) is 44.6 Å². The van der Waals surface area contributed by atoms with E-state index >= 15 is 0 Å². The van der Waals surface area contributed by atoms with Gasteiger partial charge in [0.25, 0.3) is 0 Å². The van der Waals surface area contributed by atoms with Gasteiger partial charge in [0, 0.05) is 25.2 Å². The second kappa shape index (κ2) is 6.19. The number of hydrogen-bond acceptors (Lipinski definition) is 2. The fourth-order valence-corrected chi connectivity index (χ4v) is 3.79. The molecule has 0 aromatic rings. The molecule has 1 saturated heterocycles. The molecule has 100 valence electrons. The van der Waals surface area contributed by atoms with Gasteiger partial charge < -0.3 is 10.2 Å². The van der Waals surface area contributed by atoms with E-state index < -0.39 is 0 Å². The van der Waals surface area contributed by atoms with Crippen LogP contribution in [0, 0.1) is 11.8 Å². The van der Waals surface area contributed by atoms with Gasteiger partial charge in [-0.15, -0.1) is 0 Å². The molecule has 1 aliphatic carbocycles. The van der Waals surface area contributed by atoms with Crippen molar-refractivity contribution in [1.29, 1.82) is 0 Å². The molecule has 17 heavy (non-hydrogen) atoms. The maximum Gasteiger partial charge on any atom is 0.0197 e. The van der Waals surface area contributed by atoms with E-state index in [9.17, 15) is 0 Å². The Labute approximate surface area is 107 Å². The molecule has 2 rings (SSSR count). The van der Waals surface area contributed by atoms with Crippen LogP contribution in [0.5, 0.6) is 0 Å². The van der Waals surface area contributed by atoms with Crippen molar-refractivity contribution in [2.75, 3.05) is 20.1 Å². The first-order chi connectivity index (χ1) is 8.15. The largest absolute Gasteiger partial charge is 0.310 e. The van der Waals surface area contributed by atoms with Crippen LogP contribution in [0.4, 0.5) is 0 Å². The van der Waals surface area contributed by atoms with Crippen LogP contribution in [0.25, 0.3) is 0 Å². The van der Waals surface area contributed by atoms with Gasteiger partial charge in [0.15, 0.2) is 0 Å². The summed E-state index contributed by atoms with van der Waals surface area (Å²) in [5, 5.41) is 3.92. The maximum atomic E-state index is 3.92. The van der Waals surface area contributed by atoms with Crippen molar-refractivity contribution in [2.45, 2.75) is 64.5 Å². The van der Waals surface area contributed by atoms with Crippen molar-refractivity contribution in [3.8, 4) is 0 Å². The van der Waals surface area contributed by atoms with E-state index in [1.54, 1.807) is 0 Å². The monoisotopic (exact) mass is 238 g/mol. The van der Waals surface area contributed by atoms with Crippen molar-refractivity contribution in [1.82, 2.24) is 10.2 Å². The fraction of sp³-hybridized carbons (Fsp3) is 1.00. The SMILES string of the molecule is CC(C)CN(C)CC1CCC2CCCCC2N1. The number of nitrogens with one attached hydrogen (secondary N) is 1. The van der Waals surface area contributed by atoms with Crippen LogP contribution in [-0.4, -0.2) is 37.1 Å². The predicted octanol–water partition coefficient (Wildman–Crippen LogP) is 2.89. The van der Waals surface area contributed by atoms with Crippen molar-refractivity contribution in [3.05, 3.63) is 0 Å². The van der Waals surface area contributed by atoms with Crippen LogP contribution < -0.4 is 5.32 Å². The summed E-state index contributed by atoms with van der Waals surface area (Å²) in [5.41, 5.74) is 0. The zero-order valence-electron chi connectivity index (χ0n) is 11.9. The fourth-order valence-electron chi connectivity index (χ4n) is 3.79. The van der Waals surface area contributed by atoms with Crippen LogP contribution >= 0.6 is 0 Å². The molecule has 3 unspecified atom stereocenters. The molecule has 1 aliphatic heterocycles. The Morgan fingerprint density at radius 3 is 2.65 bits per heavy atom. The molecule has 1 N–H and O–H groups in total. The molecule has 1 heterocycles. The van der Waals surface area contributed by atoms with E-state index in [4.69, 9.17) is 0 Å². The summed E-state index contributed by atoms with van der Waals surface area (Å²) in [6.45, 7) is 7.08. The lowest BCUT2D eigenvalue weighted by Crippen LogP contribution is -2.52. The highest BCUT2D eigenvalue weighted by Gasteiger charge is 2.31. The van der Waals surface area contributed by atoms with Crippen molar-refractivity contribution in [3.63, 3.8) is 0 Å². The van der Waals surface area contributed by atoms with Gasteiger partial charge in [0.2, 0.25) is 0 Å². The number of rotatable bonds is 4. The topological polar surface area (TPSA) is 15.3 Å². The molecule has 2 heteroatoms. The van der Waals surface area contributed by atoms with E-state index in [0.29, 0.717) is 0 Å². The molecule has 0 radical (unpaired) electrons. The molecule has 0 aromatic carbocycles. The number of likely N-dealkylation sites (N-methyl/N-ethyl adjacent to an activating group) is 1. The Morgan fingerprint density at radius 2 is 1.88 bits per heavy atom. The van der Waals surface area contributed by atoms with E-state index in [2.05, 4.69) is 31.1 Å². The first-order valence-corrected chi connectivity index (χ1v) is 7.59. The smallest absolute Gasteiger partial charge is 0.0197 e. The second-order valence-corrected chi connectivity index (χ2v) is 6.71. The van der Waals surface area contributed by atoms with Crippen LogP contribution in [0.1, 0.15) is 52.4 Å². The molecule has 2 nitrogen and oxygen atoms in total. The van der Waals surface area contributed by atoms with E-state index in [1.165, 1.54) is 51.6 Å². The lowest BCUT2D eigenvalue weighted by molar-refractivity contribution is 0.149. The van der Waals surface area contributed by atoms with Crippen molar-refractivity contribution < 1.29 is 0 Å². The first kappa shape index (κ1) is 13.4. The highest BCUT2D eigenvalue weighted by atomic mass is 15.1. The van der Waals surface area contributed by atoms with Crippen LogP contribution in [0.3, 0.4) is 0 Å². The molecular formula is C15H30N2. The minimum absolute atomic E-state index is 0.748. The van der Waals surface area contributed by atoms with Gasteiger partial charge in [-0.2, -0.15) is 0 Å². The van der Waals surface area contributed by atoms with Crippen molar-refractivity contribution in [2.24, 2.45) is 11.8 Å². The molecule has 0 aromatic heterocycles. The lowest BCUT2D eigenvalue weighted by Gasteiger charge is -2.41. The third-order valence-corrected chi connectivity index (χ3v) is 4.45. The van der Waals surface area contributed by atoms with Gasteiger partial charge in [-0.1, -0.05) is 26.7 Å². The Bertz CT molecular complexity index is 227. The molecular weight excluding hydrogens is 208 g/mol. The summed E-state index contributed by atoms with van der Waals surface area (Å²) in [5.74, 6) is 1.78. The minimum Gasteiger partial charge on any atom is -0.310 e. The van der Waals surface area contributed by atoms with Crippen molar-refractivity contribution >= 4 is 0 Å². The number of piperidine rings is 1. The third kappa shape index (κ3) is 3.96. The molecule has 2 aliphatic rings.